The summed E-state index contributed by atoms with van der Waals surface area (Å²) in [6, 6.07) is 0. The summed E-state index contributed by atoms with van der Waals surface area (Å²) in [7, 11) is 0. The molecule has 0 aromatic heterocycles. The fourth-order valence-electron chi connectivity index (χ4n) is 0.746. The summed E-state index contributed by atoms with van der Waals surface area (Å²) < 4.78 is -1.76. The number of hydrogen-bond acceptors (Lipinski definition) is 2. The van der Waals surface area contributed by atoms with Gasteiger partial charge in [0.15, 0.2) is 0 Å². The molecule has 0 aliphatic carbocycles. The summed E-state index contributed by atoms with van der Waals surface area (Å²) in [4.78, 5) is 21.3. The van der Waals surface area contributed by atoms with Gasteiger partial charge in [0.05, 0.1) is 0 Å². The maximum Gasteiger partial charge on any atom is 0.228 e. The van der Waals surface area contributed by atoms with Gasteiger partial charge in [-0.15, -0.1) is 0 Å². The van der Waals surface area contributed by atoms with Gasteiger partial charge in [0, 0.05) is 6.42 Å². The average molecular weight is 262 g/mol. The lowest BCUT2D eigenvalue weighted by Crippen LogP contribution is -2.52. The van der Waals surface area contributed by atoms with E-state index >= 15 is 0 Å². The fraction of sp³-hybridized carbons (Fsp3) is 0.714. The molecule has 2 N–H and O–H groups in total. The minimum Gasteiger partial charge on any atom is -0.335 e. The van der Waals surface area contributed by atoms with Crippen molar-refractivity contribution in [2.75, 3.05) is 0 Å². The second kappa shape index (κ2) is 6.32. The first kappa shape index (κ1) is 13.8. The highest BCUT2D eigenvalue weighted by atomic mass is 35.6. The zero-order valence-electron chi connectivity index (χ0n) is 7.52. The van der Waals surface area contributed by atoms with E-state index < -0.39 is 9.96 Å². The molecule has 0 bridgehead atoms. The van der Waals surface area contributed by atoms with E-state index in [1.807, 2.05) is 6.92 Å². The van der Waals surface area contributed by atoms with Gasteiger partial charge in [-0.1, -0.05) is 41.7 Å². The molecule has 0 aliphatic heterocycles. The summed E-state index contributed by atoms with van der Waals surface area (Å²) in [6.45, 7) is 1.84. The average Bonchev–Trinajstić information content (AvgIpc) is 2.02. The Morgan fingerprint density at radius 2 is 2.07 bits per heavy atom. The van der Waals surface area contributed by atoms with E-state index in [1.54, 1.807) is 0 Å². The Hall–Kier alpha value is -0.190. The van der Waals surface area contributed by atoms with Crippen molar-refractivity contribution >= 4 is 47.1 Å². The lowest BCUT2D eigenvalue weighted by Gasteiger charge is -2.24. The Bertz CT molecular complexity index is 206. The summed E-state index contributed by atoms with van der Waals surface area (Å²) in [5, 5.41) is 4.59. The predicted octanol–water partition coefficient (Wildman–Crippen LogP) is 1.35. The molecule has 0 aliphatic rings. The number of halogens is 3. The van der Waals surface area contributed by atoms with E-state index in [1.165, 1.54) is 0 Å². The molecule has 0 rings (SSSR count). The second-order valence-corrected chi connectivity index (χ2v) is 4.95. The van der Waals surface area contributed by atoms with Gasteiger partial charge in [-0.2, -0.15) is 0 Å². The van der Waals surface area contributed by atoms with Gasteiger partial charge in [0.2, 0.25) is 16.1 Å². The van der Waals surface area contributed by atoms with Crippen molar-refractivity contribution in [2.24, 2.45) is 0 Å². The van der Waals surface area contributed by atoms with Crippen molar-refractivity contribution in [3.8, 4) is 0 Å². The standard InChI is InChI=1S/C7H11Cl3N2O2/c1-2-3-5(14)12-6(11-4-13)7(8,9)10/h4,6H,2-3H2,1H3,(H,11,13)(H,12,14). The van der Waals surface area contributed by atoms with Crippen LogP contribution in [0.4, 0.5) is 0 Å². The van der Waals surface area contributed by atoms with Crippen LogP contribution in [0.15, 0.2) is 0 Å². The summed E-state index contributed by atoms with van der Waals surface area (Å²) in [5.74, 6) is -0.279. The topological polar surface area (TPSA) is 58.2 Å². The van der Waals surface area contributed by atoms with E-state index in [9.17, 15) is 9.59 Å². The van der Waals surface area contributed by atoms with E-state index in [4.69, 9.17) is 34.8 Å². The number of amides is 2. The third-order valence-electron chi connectivity index (χ3n) is 1.34. The molecule has 1 atom stereocenters. The summed E-state index contributed by atoms with van der Waals surface area (Å²) in [6.07, 6.45) is 0.347. The molecule has 82 valence electrons. The molecule has 7 heteroatoms. The summed E-state index contributed by atoms with van der Waals surface area (Å²) >= 11 is 16.6. The first-order valence-corrected chi connectivity index (χ1v) is 5.11. The first-order chi connectivity index (χ1) is 6.41. The Morgan fingerprint density at radius 3 is 2.43 bits per heavy atom. The van der Waals surface area contributed by atoms with Crippen molar-refractivity contribution in [1.29, 1.82) is 0 Å². The number of carbonyl (C=O) groups excluding carboxylic acids is 2. The van der Waals surface area contributed by atoms with Crippen LogP contribution < -0.4 is 10.6 Å². The molecule has 2 amide bonds. The van der Waals surface area contributed by atoms with Gasteiger partial charge < -0.3 is 10.6 Å². The lowest BCUT2D eigenvalue weighted by molar-refractivity contribution is -0.122. The van der Waals surface area contributed by atoms with Crippen molar-refractivity contribution in [3.63, 3.8) is 0 Å². The Balaban J connectivity index is 4.23. The van der Waals surface area contributed by atoms with Gasteiger partial charge in [-0.05, 0) is 6.42 Å². The highest BCUT2D eigenvalue weighted by Gasteiger charge is 2.33. The third-order valence-corrected chi connectivity index (χ3v) is 2.00. The van der Waals surface area contributed by atoms with Crippen LogP contribution >= 0.6 is 34.8 Å². The van der Waals surface area contributed by atoms with E-state index in [0.29, 0.717) is 19.3 Å². The molecule has 0 saturated heterocycles. The van der Waals surface area contributed by atoms with Crippen LogP contribution in [-0.2, 0) is 9.59 Å². The molecule has 0 spiro atoms. The van der Waals surface area contributed by atoms with Crippen LogP contribution in [0.5, 0.6) is 0 Å². The van der Waals surface area contributed by atoms with Gasteiger partial charge >= 0.3 is 0 Å². The SMILES string of the molecule is CCCC(=O)NC(NC=O)C(Cl)(Cl)Cl. The number of alkyl halides is 3. The largest absolute Gasteiger partial charge is 0.335 e. The molecule has 0 saturated carbocycles. The minimum atomic E-state index is -1.76. The number of nitrogens with one attached hydrogen (secondary N) is 2. The minimum absolute atomic E-state index is 0.279. The second-order valence-electron chi connectivity index (χ2n) is 2.58. The molecule has 14 heavy (non-hydrogen) atoms. The predicted molar refractivity (Wildman–Crippen MR) is 56.3 cm³/mol. The van der Waals surface area contributed by atoms with Gasteiger partial charge in [0.25, 0.3) is 0 Å². The Kier molecular flexibility index (Phi) is 6.24. The molecular formula is C7H11Cl3N2O2. The molecule has 0 heterocycles. The lowest BCUT2D eigenvalue weighted by atomic mass is 10.3. The van der Waals surface area contributed by atoms with Gasteiger partial charge in [-0.25, -0.2) is 0 Å². The molecule has 0 radical (unpaired) electrons. The maximum absolute atomic E-state index is 11.1. The molecule has 1 unspecified atom stereocenters. The van der Waals surface area contributed by atoms with Crippen LogP contribution in [-0.4, -0.2) is 22.3 Å². The van der Waals surface area contributed by atoms with Crippen LogP contribution in [0.2, 0.25) is 0 Å². The summed E-state index contributed by atoms with van der Waals surface area (Å²) in [5.41, 5.74) is 0. The quantitative estimate of drug-likeness (QED) is 0.446. The molecule has 0 aromatic carbocycles. The highest BCUT2D eigenvalue weighted by molar-refractivity contribution is 6.68. The smallest absolute Gasteiger partial charge is 0.228 e. The Labute approximate surface area is 97.3 Å². The van der Waals surface area contributed by atoms with Crippen LogP contribution in [0.25, 0.3) is 0 Å². The van der Waals surface area contributed by atoms with Crippen LogP contribution in [0.3, 0.4) is 0 Å². The zero-order chi connectivity index (χ0) is 11.2. The van der Waals surface area contributed by atoms with Crippen molar-refractivity contribution in [2.45, 2.75) is 29.7 Å². The van der Waals surface area contributed by atoms with Crippen molar-refractivity contribution < 1.29 is 9.59 Å². The normalized spacial score (nSPS) is 13.1. The van der Waals surface area contributed by atoms with E-state index in [-0.39, 0.29) is 5.91 Å². The van der Waals surface area contributed by atoms with E-state index in [0.717, 1.165) is 0 Å². The van der Waals surface area contributed by atoms with Gasteiger partial charge in [0.1, 0.15) is 6.17 Å². The number of carbonyl (C=O) groups is 2. The monoisotopic (exact) mass is 260 g/mol. The molecular weight excluding hydrogens is 250 g/mol. The van der Waals surface area contributed by atoms with Crippen LogP contribution in [0, 0.1) is 0 Å². The highest BCUT2D eigenvalue weighted by Crippen LogP contribution is 2.28. The molecule has 0 fully saturated rings. The number of hydrogen-bond donors (Lipinski definition) is 2. The van der Waals surface area contributed by atoms with Crippen molar-refractivity contribution in [1.82, 2.24) is 10.6 Å². The third kappa shape index (κ3) is 5.52. The number of rotatable bonds is 5. The van der Waals surface area contributed by atoms with Gasteiger partial charge in [-0.3, -0.25) is 9.59 Å². The molecule has 4 nitrogen and oxygen atoms in total. The first-order valence-electron chi connectivity index (χ1n) is 3.97. The Morgan fingerprint density at radius 1 is 1.50 bits per heavy atom. The molecule has 0 aromatic rings. The van der Waals surface area contributed by atoms with Crippen molar-refractivity contribution in [3.05, 3.63) is 0 Å². The van der Waals surface area contributed by atoms with Crippen LogP contribution in [0.1, 0.15) is 19.8 Å². The fourth-order valence-corrected chi connectivity index (χ4v) is 1.10. The zero-order valence-corrected chi connectivity index (χ0v) is 9.79. The maximum atomic E-state index is 11.1. The van der Waals surface area contributed by atoms with E-state index in [2.05, 4.69) is 10.6 Å².